The Bertz CT molecular complexity index is 1140. The maximum absolute atomic E-state index is 13.1. The molecule has 0 aliphatic heterocycles. The van der Waals surface area contributed by atoms with Gasteiger partial charge in [0.05, 0.1) is 30.4 Å². The molecule has 0 saturated heterocycles. The van der Waals surface area contributed by atoms with Crippen LogP contribution in [0.2, 0.25) is 0 Å². The molecule has 0 radical (unpaired) electrons. The van der Waals surface area contributed by atoms with Crippen molar-refractivity contribution in [1.29, 1.82) is 0 Å². The summed E-state index contributed by atoms with van der Waals surface area (Å²) in [5.41, 5.74) is 2.19. The van der Waals surface area contributed by atoms with Crippen molar-refractivity contribution in [3.05, 3.63) is 94.0 Å². The highest BCUT2D eigenvalue weighted by molar-refractivity contribution is 5.97. The third-order valence-electron chi connectivity index (χ3n) is 4.29. The quantitative estimate of drug-likeness (QED) is 0.570. The number of fused-ring (bicyclic) bond motifs is 1. The molecule has 0 aliphatic carbocycles. The number of carbonyl (C=O) groups excluding carboxylic acids is 1. The van der Waals surface area contributed by atoms with Gasteiger partial charge >= 0.3 is 5.69 Å². The number of hydrogen-bond donors (Lipinski definition) is 2. The van der Waals surface area contributed by atoms with Gasteiger partial charge in [-0.1, -0.05) is 12.1 Å². The zero-order valence-corrected chi connectivity index (χ0v) is 14.2. The first kappa shape index (κ1) is 16.8. The Morgan fingerprint density at radius 1 is 1.15 bits per heavy atom. The topological polar surface area (TPSA) is 80.0 Å². The Labute approximate surface area is 153 Å². The lowest BCUT2D eigenvalue weighted by molar-refractivity contribution is 0.0948. The smallest absolute Gasteiger partial charge is 0.326 e. The molecular formula is C20H16FN3O3. The number of hydrogen-bond acceptors (Lipinski definition) is 3. The number of benzene rings is 2. The van der Waals surface area contributed by atoms with Crippen molar-refractivity contribution in [1.82, 2.24) is 14.9 Å². The minimum Gasteiger partial charge on any atom is -0.467 e. The molecule has 2 aromatic carbocycles. The zero-order chi connectivity index (χ0) is 18.8. The molecular weight excluding hydrogens is 349 g/mol. The fourth-order valence-corrected chi connectivity index (χ4v) is 2.92. The summed E-state index contributed by atoms with van der Waals surface area (Å²) in [6.45, 7) is 0.592. The van der Waals surface area contributed by atoms with Crippen molar-refractivity contribution in [3.8, 4) is 0 Å². The van der Waals surface area contributed by atoms with Crippen LogP contribution in [0, 0.1) is 5.82 Å². The maximum atomic E-state index is 13.1. The molecule has 136 valence electrons. The van der Waals surface area contributed by atoms with Crippen LogP contribution in [0.25, 0.3) is 11.0 Å². The van der Waals surface area contributed by atoms with Gasteiger partial charge in [0.15, 0.2) is 0 Å². The molecule has 0 fully saturated rings. The molecule has 2 N–H and O–H groups in total. The van der Waals surface area contributed by atoms with E-state index in [1.807, 2.05) is 0 Å². The number of carbonyl (C=O) groups is 1. The lowest BCUT2D eigenvalue weighted by Crippen LogP contribution is -2.22. The van der Waals surface area contributed by atoms with Crippen LogP contribution < -0.4 is 11.0 Å². The van der Waals surface area contributed by atoms with Crippen LogP contribution in [0.5, 0.6) is 0 Å². The summed E-state index contributed by atoms with van der Waals surface area (Å²) in [6, 6.07) is 14.5. The largest absolute Gasteiger partial charge is 0.467 e. The summed E-state index contributed by atoms with van der Waals surface area (Å²) in [6.07, 6.45) is 1.54. The van der Waals surface area contributed by atoms with E-state index in [0.29, 0.717) is 28.9 Å². The predicted molar refractivity (Wildman–Crippen MR) is 97.9 cm³/mol. The van der Waals surface area contributed by atoms with E-state index >= 15 is 0 Å². The molecule has 27 heavy (non-hydrogen) atoms. The average Bonchev–Trinajstić information content (AvgIpc) is 3.29. The van der Waals surface area contributed by atoms with Crippen LogP contribution in [0.1, 0.15) is 21.7 Å². The molecule has 7 heteroatoms. The number of aromatic amines is 1. The third-order valence-corrected chi connectivity index (χ3v) is 4.29. The fourth-order valence-electron chi connectivity index (χ4n) is 2.92. The Balaban J connectivity index is 1.57. The molecule has 0 spiro atoms. The lowest BCUT2D eigenvalue weighted by Gasteiger charge is -2.06. The number of imidazole rings is 1. The Hall–Kier alpha value is -3.61. The molecule has 1 amide bonds. The van der Waals surface area contributed by atoms with E-state index in [1.165, 1.54) is 12.1 Å². The van der Waals surface area contributed by atoms with Crippen molar-refractivity contribution in [2.24, 2.45) is 0 Å². The van der Waals surface area contributed by atoms with Crippen LogP contribution in [0.3, 0.4) is 0 Å². The second-order valence-corrected chi connectivity index (χ2v) is 6.14. The van der Waals surface area contributed by atoms with Crippen LogP contribution in [0.15, 0.2) is 70.1 Å². The summed E-state index contributed by atoms with van der Waals surface area (Å²) in [5.74, 6) is 0.0685. The van der Waals surface area contributed by atoms with Crippen molar-refractivity contribution in [2.45, 2.75) is 13.1 Å². The van der Waals surface area contributed by atoms with Crippen molar-refractivity contribution >= 4 is 16.9 Å². The van der Waals surface area contributed by atoms with Gasteiger partial charge in [0.2, 0.25) is 0 Å². The number of nitrogens with one attached hydrogen (secondary N) is 2. The summed E-state index contributed by atoms with van der Waals surface area (Å²) < 4.78 is 19.8. The fraction of sp³-hybridized carbons (Fsp3) is 0.100. The standard InChI is InChI=1S/C20H16FN3O3/c21-15-6-3-13(4-7-15)12-24-18-8-5-14(10-17(18)23-20(24)26)19(25)22-11-16-2-1-9-27-16/h1-10H,11-12H2,(H,22,25)(H,23,26). The van der Waals surface area contributed by atoms with Gasteiger partial charge in [-0.15, -0.1) is 0 Å². The summed E-state index contributed by atoms with van der Waals surface area (Å²) in [7, 11) is 0. The number of H-pyrrole nitrogens is 1. The zero-order valence-electron chi connectivity index (χ0n) is 14.2. The maximum Gasteiger partial charge on any atom is 0.326 e. The van der Waals surface area contributed by atoms with Gasteiger partial charge in [0.1, 0.15) is 11.6 Å². The third kappa shape index (κ3) is 3.52. The van der Waals surface area contributed by atoms with Crippen LogP contribution in [-0.4, -0.2) is 15.5 Å². The summed E-state index contributed by atoms with van der Waals surface area (Å²) in [4.78, 5) is 27.4. The van der Waals surface area contributed by atoms with Crippen LogP contribution in [0.4, 0.5) is 4.39 Å². The molecule has 6 nitrogen and oxygen atoms in total. The molecule has 0 aliphatic rings. The SMILES string of the molecule is O=C(NCc1ccco1)c1ccc2c(c1)[nH]c(=O)n2Cc1ccc(F)cc1. The highest BCUT2D eigenvalue weighted by Gasteiger charge is 2.12. The molecule has 2 aromatic heterocycles. The molecule has 0 atom stereocenters. The number of furan rings is 1. The normalized spacial score (nSPS) is 11.0. The molecule has 0 saturated carbocycles. The number of rotatable bonds is 5. The van der Waals surface area contributed by atoms with Crippen molar-refractivity contribution in [2.75, 3.05) is 0 Å². The molecule has 4 rings (SSSR count). The predicted octanol–water partition coefficient (Wildman–Crippen LogP) is 3.04. The van der Waals surface area contributed by atoms with E-state index in [-0.39, 0.29) is 24.0 Å². The summed E-state index contributed by atoms with van der Waals surface area (Å²) in [5, 5.41) is 2.77. The van der Waals surface area contributed by atoms with E-state index in [2.05, 4.69) is 10.3 Å². The van der Waals surface area contributed by atoms with Crippen LogP contribution >= 0.6 is 0 Å². The minimum atomic E-state index is -0.324. The molecule has 2 heterocycles. The molecule has 4 aromatic rings. The Kier molecular flexibility index (Phi) is 4.33. The van der Waals surface area contributed by atoms with Gasteiger partial charge in [-0.05, 0) is 48.0 Å². The van der Waals surface area contributed by atoms with E-state index < -0.39 is 0 Å². The molecule has 0 unspecified atom stereocenters. The molecule has 0 bridgehead atoms. The monoisotopic (exact) mass is 365 g/mol. The minimum absolute atomic E-state index is 0.263. The van der Waals surface area contributed by atoms with E-state index in [1.54, 1.807) is 53.3 Å². The van der Waals surface area contributed by atoms with Gasteiger partial charge < -0.3 is 14.7 Å². The van der Waals surface area contributed by atoms with E-state index in [4.69, 9.17) is 4.42 Å². The van der Waals surface area contributed by atoms with Crippen LogP contribution in [-0.2, 0) is 13.1 Å². The van der Waals surface area contributed by atoms with Gasteiger partial charge in [-0.2, -0.15) is 0 Å². The van der Waals surface area contributed by atoms with Crippen molar-refractivity contribution < 1.29 is 13.6 Å². The second-order valence-electron chi connectivity index (χ2n) is 6.14. The van der Waals surface area contributed by atoms with E-state index in [0.717, 1.165) is 5.56 Å². The number of aromatic nitrogens is 2. The van der Waals surface area contributed by atoms with Gasteiger partial charge in [0, 0.05) is 5.56 Å². The Morgan fingerprint density at radius 2 is 1.96 bits per heavy atom. The van der Waals surface area contributed by atoms with Crippen molar-refractivity contribution in [3.63, 3.8) is 0 Å². The number of amides is 1. The average molecular weight is 365 g/mol. The van der Waals surface area contributed by atoms with E-state index in [9.17, 15) is 14.0 Å². The first-order valence-electron chi connectivity index (χ1n) is 8.38. The highest BCUT2D eigenvalue weighted by Crippen LogP contribution is 2.15. The highest BCUT2D eigenvalue weighted by atomic mass is 19.1. The number of halogens is 1. The lowest BCUT2D eigenvalue weighted by atomic mass is 10.1. The van der Waals surface area contributed by atoms with Gasteiger partial charge in [-0.25, -0.2) is 9.18 Å². The first-order chi connectivity index (χ1) is 13.1. The second kappa shape index (κ2) is 6.95. The van der Waals surface area contributed by atoms with Gasteiger partial charge in [0.25, 0.3) is 5.91 Å². The summed E-state index contributed by atoms with van der Waals surface area (Å²) >= 11 is 0. The van der Waals surface area contributed by atoms with Gasteiger partial charge in [-0.3, -0.25) is 9.36 Å². The number of nitrogens with zero attached hydrogens (tertiary/aromatic N) is 1. The Morgan fingerprint density at radius 3 is 2.70 bits per heavy atom. The first-order valence-corrected chi connectivity index (χ1v) is 8.38.